The summed E-state index contributed by atoms with van der Waals surface area (Å²) >= 11 is 0. The summed E-state index contributed by atoms with van der Waals surface area (Å²) in [7, 11) is 0. The van der Waals surface area contributed by atoms with Gasteiger partial charge in [-0.1, -0.05) is 6.07 Å². The molecule has 1 rings (SSSR count). The number of nitrogens with two attached hydrogens (primary N) is 3. The fourth-order valence-corrected chi connectivity index (χ4v) is 1.51. The van der Waals surface area contributed by atoms with E-state index >= 15 is 0 Å². The topological polar surface area (TPSA) is 169 Å². The van der Waals surface area contributed by atoms with Crippen LogP contribution in [0, 0.1) is 10.1 Å². The summed E-state index contributed by atoms with van der Waals surface area (Å²) in [5, 5.41) is 9.27. The number of hydrogen-bond acceptors (Lipinski definition) is 7. The molecule has 0 bridgehead atoms. The highest BCUT2D eigenvalue weighted by atomic mass is 35.5. The lowest BCUT2D eigenvalue weighted by Gasteiger charge is -2.11. The molecule has 10 nitrogen and oxygen atoms in total. The number of carbonyl (C=O) groups excluding carboxylic acids is 1. The molecule has 0 spiro atoms. The van der Waals surface area contributed by atoms with Gasteiger partial charge in [0.25, 0.3) is 5.09 Å². The van der Waals surface area contributed by atoms with Gasteiger partial charge in [0.1, 0.15) is 17.5 Å². The van der Waals surface area contributed by atoms with E-state index in [0.29, 0.717) is 19.4 Å². The van der Waals surface area contributed by atoms with Crippen molar-refractivity contribution >= 4 is 24.3 Å². The van der Waals surface area contributed by atoms with E-state index < -0.39 is 17.1 Å². The molecule has 0 heterocycles. The Hall–Kier alpha value is -2.59. The molecular weight excluding hydrogens is 330 g/mol. The van der Waals surface area contributed by atoms with Gasteiger partial charge in [0.15, 0.2) is 5.96 Å². The van der Waals surface area contributed by atoms with E-state index in [2.05, 4.69) is 9.83 Å². The van der Waals surface area contributed by atoms with Crippen LogP contribution in [-0.2, 0) is 4.79 Å². The van der Waals surface area contributed by atoms with Crippen molar-refractivity contribution in [1.29, 1.82) is 0 Å². The van der Waals surface area contributed by atoms with Crippen LogP contribution in [0.2, 0.25) is 0 Å². The minimum atomic E-state index is -0.962. The maximum Gasteiger partial charge on any atom is 0.328 e. The summed E-state index contributed by atoms with van der Waals surface area (Å²) in [6, 6.07) is 4.62. The Morgan fingerprint density at radius 3 is 2.61 bits per heavy atom. The predicted octanol–water partition coefficient (Wildman–Crippen LogP) is -0.0348. The first-order valence-electron chi connectivity index (χ1n) is 6.33. The molecule has 0 radical (unpaired) electrons. The fourth-order valence-electron chi connectivity index (χ4n) is 1.51. The number of aliphatic imine (C=N–C) groups is 1. The van der Waals surface area contributed by atoms with Crippen molar-refractivity contribution in [3.63, 3.8) is 0 Å². The Balaban J connectivity index is 0.00000484. The lowest BCUT2D eigenvalue weighted by atomic mass is 10.2. The number of nitrogens with zero attached hydrogens (tertiary/aromatic N) is 2. The normalized spacial score (nSPS) is 10.8. The van der Waals surface area contributed by atoms with Crippen molar-refractivity contribution in [2.75, 3.05) is 6.54 Å². The van der Waals surface area contributed by atoms with Crippen LogP contribution >= 0.6 is 12.4 Å². The Bertz CT molecular complexity index is 565. The minimum Gasteiger partial charge on any atom is -0.425 e. The highest BCUT2D eigenvalue weighted by molar-refractivity contribution is 5.85. The third kappa shape index (κ3) is 8.44. The number of ether oxygens (including phenoxy) is 1. The second kappa shape index (κ2) is 10.2. The molecule has 0 fully saturated rings. The largest absolute Gasteiger partial charge is 0.425 e. The molecule has 0 aliphatic rings. The quantitative estimate of drug-likeness (QED) is 0.112. The average molecular weight is 348 g/mol. The molecule has 1 atom stereocenters. The third-order valence-electron chi connectivity index (χ3n) is 2.47. The molecular formula is C12H18ClN5O5. The second-order valence-corrected chi connectivity index (χ2v) is 4.27. The Labute approximate surface area is 138 Å². The van der Waals surface area contributed by atoms with E-state index in [4.69, 9.17) is 21.9 Å². The van der Waals surface area contributed by atoms with Gasteiger partial charge >= 0.3 is 5.97 Å². The molecule has 0 aliphatic heterocycles. The molecule has 128 valence electrons. The molecule has 1 aromatic carbocycles. The molecule has 1 unspecified atom stereocenters. The van der Waals surface area contributed by atoms with Crippen LogP contribution in [0.15, 0.2) is 29.3 Å². The van der Waals surface area contributed by atoms with Crippen molar-refractivity contribution in [1.82, 2.24) is 0 Å². The Kier molecular flexibility index (Phi) is 9.04. The first-order chi connectivity index (χ1) is 10.4. The van der Waals surface area contributed by atoms with Gasteiger partial charge in [0, 0.05) is 12.6 Å². The zero-order valence-corrected chi connectivity index (χ0v) is 12.9. The van der Waals surface area contributed by atoms with E-state index in [1.165, 1.54) is 24.3 Å². The summed E-state index contributed by atoms with van der Waals surface area (Å²) in [6.07, 6.45) is 0.847. The van der Waals surface area contributed by atoms with Crippen LogP contribution in [0.1, 0.15) is 12.8 Å². The molecule has 1 aromatic rings. The highest BCUT2D eigenvalue weighted by Gasteiger charge is 2.16. The van der Waals surface area contributed by atoms with Crippen molar-refractivity contribution in [3.8, 4) is 11.5 Å². The van der Waals surface area contributed by atoms with Gasteiger partial charge in [-0.25, -0.2) is 4.79 Å². The van der Waals surface area contributed by atoms with E-state index in [9.17, 15) is 14.9 Å². The van der Waals surface area contributed by atoms with Crippen molar-refractivity contribution in [2.24, 2.45) is 22.2 Å². The maximum absolute atomic E-state index is 11.8. The number of rotatable bonds is 8. The molecule has 0 aliphatic carbocycles. The standard InChI is InChI=1S/C12H17N5O5.ClH/c13-10(5-2-6-16-12(14)15)11(18)21-8-3-1-4-9(7-8)22-17(19)20;/h1,3-4,7,10H,2,5-6,13H2,(H4,14,15,16);1H. The van der Waals surface area contributed by atoms with Gasteiger partial charge in [-0.3, -0.25) is 9.83 Å². The van der Waals surface area contributed by atoms with E-state index in [1.807, 2.05) is 0 Å². The molecule has 23 heavy (non-hydrogen) atoms. The zero-order valence-electron chi connectivity index (χ0n) is 12.1. The van der Waals surface area contributed by atoms with Crippen molar-refractivity contribution in [3.05, 3.63) is 34.4 Å². The first kappa shape index (κ1) is 20.4. The van der Waals surface area contributed by atoms with Gasteiger partial charge in [0.2, 0.25) is 0 Å². The summed E-state index contributed by atoms with van der Waals surface area (Å²) in [6.45, 7) is 0.357. The van der Waals surface area contributed by atoms with Crippen molar-refractivity contribution < 1.29 is 19.5 Å². The summed E-state index contributed by atoms with van der Waals surface area (Å²) in [4.78, 5) is 30.0. The van der Waals surface area contributed by atoms with E-state index in [0.717, 1.165) is 0 Å². The third-order valence-corrected chi connectivity index (χ3v) is 2.47. The lowest BCUT2D eigenvalue weighted by molar-refractivity contribution is -0.711. The fraction of sp³-hybridized carbons (Fsp3) is 0.333. The van der Waals surface area contributed by atoms with Gasteiger partial charge in [0.05, 0.1) is 0 Å². The van der Waals surface area contributed by atoms with Crippen LogP contribution < -0.4 is 26.8 Å². The van der Waals surface area contributed by atoms with Crippen molar-refractivity contribution in [2.45, 2.75) is 18.9 Å². The number of halogens is 1. The van der Waals surface area contributed by atoms with Gasteiger partial charge in [-0.05, 0) is 25.0 Å². The summed E-state index contributed by atoms with van der Waals surface area (Å²) in [5.74, 6) is -0.651. The van der Waals surface area contributed by atoms with Gasteiger partial charge in [-0.2, -0.15) is 0 Å². The van der Waals surface area contributed by atoms with Crippen LogP contribution in [0.25, 0.3) is 0 Å². The first-order valence-corrected chi connectivity index (χ1v) is 6.33. The smallest absolute Gasteiger partial charge is 0.328 e. The molecule has 0 aromatic heterocycles. The number of hydrogen-bond donors (Lipinski definition) is 3. The predicted molar refractivity (Wildman–Crippen MR) is 84.8 cm³/mol. The summed E-state index contributed by atoms with van der Waals surface area (Å²) < 4.78 is 5.02. The second-order valence-electron chi connectivity index (χ2n) is 4.27. The number of esters is 1. The lowest BCUT2D eigenvalue weighted by Crippen LogP contribution is -2.34. The van der Waals surface area contributed by atoms with Crippen LogP contribution in [-0.4, -0.2) is 29.6 Å². The minimum absolute atomic E-state index is 0. The molecule has 0 amide bonds. The van der Waals surface area contributed by atoms with E-state index in [1.54, 1.807) is 0 Å². The van der Waals surface area contributed by atoms with E-state index in [-0.39, 0.29) is 29.9 Å². The Morgan fingerprint density at radius 2 is 2.00 bits per heavy atom. The van der Waals surface area contributed by atoms with Crippen LogP contribution in [0.4, 0.5) is 0 Å². The number of benzene rings is 1. The summed E-state index contributed by atoms with van der Waals surface area (Å²) in [5.41, 5.74) is 16.0. The van der Waals surface area contributed by atoms with Crippen LogP contribution in [0.5, 0.6) is 11.5 Å². The highest BCUT2D eigenvalue weighted by Crippen LogP contribution is 2.20. The zero-order chi connectivity index (χ0) is 16.5. The molecule has 11 heteroatoms. The Morgan fingerprint density at radius 1 is 1.35 bits per heavy atom. The van der Waals surface area contributed by atoms with Gasteiger partial charge in [-0.15, -0.1) is 22.5 Å². The molecule has 0 saturated carbocycles. The monoisotopic (exact) mass is 347 g/mol. The number of carbonyl (C=O) groups is 1. The van der Waals surface area contributed by atoms with Crippen LogP contribution in [0.3, 0.4) is 0 Å². The maximum atomic E-state index is 11.8. The SMILES string of the molecule is Cl.NC(N)=NCCCC(N)C(=O)Oc1cccc(O[N+](=O)[O-])c1. The average Bonchev–Trinajstić information content (AvgIpc) is 2.42. The molecule has 6 N–H and O–H groups in total. The van der Waals surface area contributed by atoms with Gasteiger partial charge < -0.3 is 21.9 Å². The number of guanidine groups is 1. The molecule has 0 saturated heterocycles.